The molecule has 0 heterocycles. The van der Waals surface area contributed by atoms with Crippen molar-refractivity contribution in [2.45, 2.75) is 0 Å². The first-order valence-electron chi connectivity index (χ1n) is 0. The van der Waals surface area contributed by atoms with Crippen LogP contribution in [0.2, 0.25) is 0 Å². The van der Waals surface area contributed by atoms with Crippen LogP contribution in [-0.2, 0) is 58.3 Å². The van der Waals surface area contributed by atoms with E-state index in [-0.39, 0.29) is 102 Å². The molecular formula is H5AlCuMgTiZn. The predicted molar refractivity (Wildman–Crippen MR) is 17.9 cm³/mol. The summed E-state index contributed by atoms with van der Waals surface area (Å²) in [6.45, 7) is 0. The van der Waals surface area contributed by atoms with Crippen LogP contribution >= 0.6 is 0 Å². The summed E-state index contributed by atoms with van der Waals surface area (Å²) in [5.41, 5.74) is 0. The molecule has 0 aliphatic rings. The molecule has 0 bridgehead atoms. The Labute approximate surface area is 100.0 Å². The molecular weight excluding hydrogens is 228 g/mol. The topological polar surface area (TPSA) is 0 Å². The van der Waals surface area contributed by atoms with Crippen molar-refractivity contribution in [3.8, 4) is 0 Å². The Morgan fingerprint density at radius 2 is 1.20 bits per heavy atom. The maximum absolute atomic E-state index is 0. The molecule has 5 heteroatoms. The molecule has 1 radical (unpaired) electrons. The summed E-state index contributed by atoms with van der Waals surface area (Å²) in [7, 11) is 0. The fourth-order valence-electron chi connectivity index (χ4n) is 0. The molecule has 0 unspecified atom stereocenters. The molecule has 0 aromatic heterocycles. The van der Waals surface area contributed by atoms with Gasteiger partial charge >= 0.3 is 23.1 Å². The average molecular weight is 233 g/mol. The molecule has 5 heavy (non-hydrogen) atoms. The summed E-state index contributed by atoms with van der Waals surface area (Å²) >= 11 is 0. The van der Waals surface area contributed by atoms with Crippen LogP contribution < -0.4 is 0 Å². The quantitative estimate of drug-likeness (QED) is 0.454. The second-order valence-electron chi connectivity index (χ2n) is 0. The van der Waals surface area contributed by atoms with Gasteiger partial charge < -0.3 is 2.85 Å². The Bertz CT molecular complexity index is 17.7. The minimum Gasteiger partial charge on any atom is -1.00 e. The van der Waals surface area contributed by atoms with Crippen molar-refractivity contribution >= 4 is 40.4 Å². The minimum absolute atomic E-state index is 0. The summed E-state index contributed by atoms with van der Waals surface area (Å²) in [5, 5.41) is 0. The first-order chi connectivity index (χ1) is 0. The zero-order valence-electron chi connectivity index (χ0n) is 4.22. The Morgan fingerprint density at radius 3 is 1.20 bits per heavy atom. The molecule has 0 spiro atoms. The van der Waals surface area contributed by atoms with Gasteiger partial charge in [-0.05, 0) is 0 Å². The Kier molecular flexibility index (Phi) is 228. The van der Waals surface area contributed by atoms with E-state index in [2.05, 4.69) is 0 Å². The van der Waals surface area contributed by atoms with Crippen molar-refractivity contribution < 1.29 is 61.1 Å². The molecule has 0 aromatic carbocycles. The van der Waals surface area contributed by atoms with Crippen molar-refractivity contribution in [3.05, 3.63) is 0 Å². The van der Waals surface area contributed by atoms with Crippen molar-refractivity contribution in [1.29, 1.82) is 0 Å². The molecule has 0 fully saturated rings. The van der Waals surface area contributed by atoms with Gasteiger partial charge in [0.1, 0.15) is 0 Å². The molecule has 0 atom stereocenters. The molecule has 0 nitrogen and oxygen atoms in total. The predicted octanol–water partition coefficient (Wildman–Crippen LogP) is -1.35. The summed E-state index contributed by atoms with van der Waals surface area (Å²) in [4.78, 5) is 0. The Hall–Kier alpha value is 3.16. The summed E-state index contributed by atoms with van der Waals surface area (Å²) in [6.07, 6.45) is 0. The number of hydrogen-bond acceptors (Lipinski definition) is 0. The molecule has 0 N–H and O–H groups in total. The van der Waals surface area contributed by atoms with Gasteiger partial charge in [0.2, 0.25) is 0 Å². The van der Waals surface area contributed by atoms with Crippen LogP contribution in [0.3, 0.4) is 0 Å². The minimum atomic E-state index is 0. The van der Waals surface area contributed by atoms with Crippen molar-refractivity contribution in [3.63, 3.8) is 0 Å². The zero-order chi connectivity index (χ0) is 0. The van der Waals surface area contributed by atoms with Crippen LogP contribution in [0, 0.1) is 0 Å². The van der Waals surface area contributed by atoms with Crippen molar-refractivity contribution in [2.75, 3.05) is 0 Å². The van der Waals surface area contributed by atoms with E-state index >= 15 is 0 Å². The largest absolute Gasteiger partial charge is 2.00 e. The van der Waals surface area contributed by atoms with E-state index in [0.717, 1.165) is 0 Å². The molecule has 0 saturated carbocycles. The normalized spacial score (nSPS) is 0. The van der Waals surface area contributed by atoms with Gasteiger partial charge in [0.25, 0.3) is 0 Å². The fraction of sp³-hybridized carbons (Fsp3) is 0. The first kappa shape index (κ1) is 41.9. The van der Waals surface area contributed by atoms with E-state index in [9.17, 15) is 0 Å². The Morgan fingerprint density at radius 1 is 1.20 bits per heavy atom. The molecule has 0 rings (SSSR count). The van der Waals surface area contributed by atoms with E-state index < -0.39 is 0 Å². The van der Waals surface area contributed by atoms with Crippen molar-refractivity contribution in [2.24, 2.45) is 0 Å². The third-order valence-corrected chi connectivity index (χ3v) is 0. The van der Waals surface area contributed by atoms with Crippen LogP contribution in [-0.4, -0.2) is 40.4 Å². The molecule has 0 aliphatic heterocycles. The fourth-order valence-corrected chi connectivity index (χ4v) is 0. The van der Waals surface area contributed by atoms with E-state index in [4.69, 9.17) is 0 Å². The second kappa shape index (κ2) is 27.2. The summed E-state index contributed by atoms with van der Waals surface area (Å²) in [6, 6.07) is 0. The summed E-state index contributed by atoms with van der Waals surface area (Å²) < 4.78 is 0. The number of hydrogen-bond donors (Lipinski definition) is 0. The van der Waals surface area contributed by atoms with Crippen LogP contribution in [0.25, 0.3) is 0 Å². The van der Waals surface area contributed by atoms with Gasteiger partial charge in [-0.25, -0.2) is 0 Å². The monoisotopic (exact) mass is 231 g/mol. The second-order valence-corrected chi connectivity index (χ2v) is 0. The van der Waals surface area contributed by atoms with Gasteiger partial charge in [0.15, 0.2) is 17.4 Å². The third kappa shape index (κ3) is 19.1. The van der Waals surface area contributed by atoms with Gasteiger partial charge in [0.05, 0.1) is 0 Å². The van der Waals surface area contributed by atoms with Gasteiger partial charge in [-0.3, -0.25) is 0 Å². The van der Waals surface area contributed by atoms with Crippen LogP contribution in [0.4, 0.5) is 0 Å². The SMILES string of the molecule is [AlH3].[Cu].[H-].[H-].[Mg+2].[Ti].[Zn]. The molecule has 27 valence electrons. The summed E-state index contributed by atoms with van der Waals surface area (Å²) in [5.74, 6) is 0. The van der Waals surface area contributed by atoms with Crippen molar-refractivity contribution in [1.82, 2.24) is 0 Å². The number of rotatable bonds is 0. The first-order valence-corrected chi connectivity index (χ1v) is 0. The zero-order valence-corrected chi connectivity index (χ0v) is 9.10. The molecule has 0 aliphatic carbocycles. The third-order valence-electron chi connectivity index (χ3n) is 0. The van der Waals surface area contributed by atoms with E-state index in [0.29, 0.717) is 0 Å². The van der Waals surface area contributed by atoms with Gasteiger partial charge in [0, 0.05) is 58.3 Å². The average Bonchev–Trinajstić information content (AvgIpc) is 0. The maximum atomic E-state index is 0. The van der Waals surface area contributed by atoms with Gasteiger partial charge in [-0.1, -0.05) is 0 Å². The van der Waals surface area contributed by atoms with E-state index in [1.165, 1.54) is 0 Å². The molecule has 0 amide bonds. The van der Waals surface area contributed by atoms with Crippen LogP contribution in [0.15, 0.2) is 0 Å². The Balaban J connectivity index is 0. The van der Waals surface area contributed by atoms with Gasteiger partial charge in [-0.15, -0.1) is 0 Å². The van der Waals surface area contributed by atoms with Crippen LogP contribution in [0.1, 0.15) is 2.85 Å². The van der Waals surface area contributed by atoms with Crippen LogP contribution in [0.5, 0.6) is 0 Å². The smallest absolute Gasteiger partial charge is 1.00 e. The van der Waals surface area contributed by atoms with Gasteiger partial charge in [-0.2, -0.15) is 0 Å². The van der Waals surface area contributed by atoms with E-state index in [1.54, 1.807) is 0 Å². The molecule has 0 saturated heterocycles. The van der Waals surface area contributed by atoms with E-state index in [1.807, 2.05) is 0 Å². The maximum Gasteiger partial charge on any atom is 2.00 e. The standard InChI is InChI=1S/Al.Cu.Mg.Ti.Zn.5H/q;;+2;;;;;;2*-1. The molecule has 0 aromatic rings.